The van der Waals surface area contributed by atoms with Crippen LogP contribution in [-0.2, 0) is 16.1 Å². The summed E-state index contributed by atoms with van der Waals surface area (Å²) in [7, 11) is 3.08. The molecule has 218 valence electrons. The number of rotatable bonds is 9. The Kier molecular flexibility index (Phi) is 8.74. The third kappa shape index (κ3) is 5.94. The summed E-state index contributed by atoms with van der Waals surface area (Å²) >= 11 is 1.24. The minimum absolute atomic E-state index is 0.178. The Morgan fingerprint density at radius 3 is 2.51 bits per heavy atom. The first-order valence-corrected chi connectivity index (χ1v) is 14.3. The highest BCUT2D eigenvalue weighted by molar-refractivity contribution is 7.07. The van der Waals surface area contributed by atoms with Crippen LogP contribution in [0.1, 0.15) is 42.1 Å². The first-order chi connectivity index (χ1) is 20.9. The zero-order valence-corrected chi connectivity index (χ0v) is 24.9. The molecule has 0 radical (unpaired) electrons. The van der Waals surface area contributed by atoms with Crippen molar-refractivity contribution >= 4 is 23.4 Å². The minimum atomic E-state index is -0.814. The van der Waals surface area contributed by atoms with Crippen LogP contribution in [0.25, 0.3) is 6.08 Å². The van der Waals surface area contributed by atoms with E-state index in [1.54, 1.807) is 51.3 Å². The van der Waals surface area contributed by atoms with Crippen molar-refractivity contribution in [1.29, 1.82) is 5.26 Å². The standard InChI is InChI=1S/C33H29N3O6S/c1-5-41-32(38)29-20(2)35-33-36(30(29)26-15-14-25(39-3)17-27(26)40-4)31(37)28(43-33)16-21-10-12-24(13-11-21)42-19-23-9-7-6-8-22(23)18-34/h6-17,30H,5,19H2,1-4H3. The van der Waals surface area contributed by atoms with Crippen molar-refractivity contribution in [3.05, 3.63) is 120 Å². The van der Waals surface area contributed by atoms with E-state index in [2.05, 4.69) is 11.1 Å². The van der Waals surface area contributed by atoms with Gasteiger partial charge < -0.3 is 18.9 Å². The maximum absolute atomic E-state index is 13.9. The number of benzene rings is 3. The fourth-order valence-electron chi connectivity index (χ4n) is 4.86. The molecule has 2 heterocycles. The Hall–Kier alpha value is -5.14. The molecule has 4 aromatic rings. The lowest BCUT2D eigenvalue weighted by atomic mass is 9.95. The van der Waals surface area contributed by atoms with Gasteiger partial charge in [0.2, 0.25) is 0 Å². The van der Waals surface area contributed by atoms with Crippen LogP contribution in [0, 0.1) is 11.3 Å². The molecule has 43 heavy (non-hydrogen) atoms. The Labute approximate surface area is 252 Å². The van der Waals surface area contributed by atoms with E-state index in [0.29, 0.717) is 43.4 Å². The SMILES string of the molecule is CCOC(=O)C1=C(C)N=c2sc(=Cc3ccc(OCc4ccccc4C#N)cc3)c(=O)n2C1c1ccc(OC)cc1OC. The van der Waals surface area contributed by atoms with Crippen LogP contribution in [0.15, 0.2) is 87.8 Å². The van der Waals surface area contributed by atoms with E-state index in [-0.39, 0.29) is 24.3 Å². The van der Waals surface area contributed by atoms with E-state index in [1.165, 1.54) is 23.0 Å². The van der Waals surface area contributed by atoms with Gasteiger partial charge >= 0.3 is 5.97 Å². The average Bonchev–Trinajstić information content (AvgIpc) is 3.33. The molecule has 1 atom stereocenters. The van der Waals surface area contributed by atoms with Gasteiger partial charge in [-0.05, 0) is 55.8 Å². The molecule has 10 heteroatoms. The number of nitrogens with zero attached hydrogens (tertiary/aromatic N) is 3. The molecule has 0 aliphatic carbocycles. The van der Waals surface area contributed by atoms with Gasteiger partial charge in [0.25, 0.3) is 5.56 Å². The predicted octanol–water partition coefficient (Wildman–Crippen LogP) is 4.27. The second-order valence-electron chi connectivity index (χ2n) is 9.54. The van der Waals surface area contributed by atoms with Gasteiger partial charge in [-0.15, -0.1) is 0 Å². The van der Waals surface area contributed by atoms with E-state index < -0.39 is 12.0 Å². The number of carbonyl (C=O) groups excluding carboxylic acids is 1. The number of aromatic nitrogens is 1. The summed E-state index contributed by atoms with van der Waals surface area (Å²) in [5, 5.41) is 9.30. The number of carbonyl (C=O) groups is 1. The van der Waals surface area contributed by atoms with Crippen LogP contribution in [0.2, 0.25) is 0 Å². The number of esters is 1. The van der Waals surface area contributed by atoms with Gasteiger partial charge in [-0.2, -0.15) is 5.26 Å². The first-order valence-electron chi connectivity index (χ1n) is 13.5. The number of methoxy groups -OCH3 is 2. The quantitative estimate of drug-likeness (QED) is 0.266. The van der Waals surface area contributed by atoms with E-state index in [4.69, 9.17) is 18.9 Å². The van der Waals surface area contributed by atoms with Gasteiger partial charge in [-0.1, -0.05) is 41.7 Å². The summed E-state index contributed by atoms with van der Waals surface area (Å²) in [6.07, 6.45) is 1.78. The second kappa shape index (κ2) is 12.8. The molecular formula is C33H29N3O6S. The fourth-order valence-corrected chi connectivity index (χ4v) is 5.90. The molecule has 1 aliphatic heterocycles. The van der Waals surface area contributed by atoms with Crippen LogP contribution in [0.4, 0.5) is 0 Å². The first kappa shape index (κ1) is 29.4. The number of fused-ring (bicyclic) bond motifs is 1. The number of hydrogen-bond acceptors (Lipinski definition) is 9. The van der Waals surface area contributed by atoms with Gasteiger partial charge in [0.05, 0.1) is 48.3 Å². The Morgan fingerprint density at radius 2 is 1.81 bits per heavy atom. The van der Waals surface area contributed by atoms with Crippen molar-refractivity contribution in [1.82, 2.24) is 4.57 Å². The zero-order valence-electron chi connectivity index (χ0n) is 24.1. The van der Waals surface area contributed by atoms with Gasteiger partial charge in [0.1, 0.15) is 29.9 Å². The highest BCUT2D eigenvalue weighted by Crippen LogP contribution is 2.37. The summed E-state index contributed by atoms with van der Waals surface area (Å²) in [6, 6.07) is 21.2. The van der Waals surface area contributed by atoms with Crippen LogP contribution in [-0.4, -0.2) is 31.4 Å². The van der Waals surface area contributed by atoms with Crippen LogP contribution in [0.5, 0.6) is 17.2 Å². The molecule has 0 fully saturated rings. The molecule has 0 spiro atoms. The van der Waals surface area contributed by atoms with Gasteiger partial charge in [-0.3, -0.25) is 9.36 Å². The monoisotopic (exact) mass is 595 g/mol. The number of nitriles is 1. The molecule has 9 nitrogen and oxygen atoms in total. The number of allylic oxidation sites excluding steroid dienone is 1. The van der Waals surface area contributed by atoms with Crippen molar-refractivity contribution in [2.45, 2.75) is 26.5 Å². The Morgan fingerprint density at radius 1 is 1.07 bits per heavy atom. The smallest absolute Gasteiger partial charge is 0.338 e. The highest BCUT2D eigenvalue weighted by atomic mass is 32.1. The molecule has 1 aliphatic rings. The normalized spacial score (nSPS) is 14.4. The van der Waals surface area contributed by atoms with E-state index in [9.17, 15) is 14.9 Å². The Balaban J connectivity index is 1.53. The molecule has 0 bridgehead atoms. The predicted molar refractivity (Wildman–Crippen MR) is 162 cm³/mol. The minimum Gasteiger partial charge on any atom is -0.497 e. The van der Waals surface area contributed by atoms with E-state index in [0.717, 1.165) is 11.1 Å². The Bertz CT molecular complexity index is 1930. The number of ether oxygens (including phenoxy) is 4. The maximum Gasteiger partial charge on any atom is 0.338 e. The van der Waals surface area contributed by atoms with Crippen LogP contribution in [0.3, 0.4) is 0 Å². The highest BCUT2D eigenvalue weighted by Gasteiger charge is 2.35. The third-order valence-electron chi connectivity index (χ3n) is 6.96. The molecule has 1 unspecified atom stereocenters. The van der Waals surface area contributed by atoms with Gasteiger partial charge in [0.15, 0.2) is 4.80 Å². The van der Waals surface area contributed by atoms with E-state index in [1.807, 2.05) is 42.5 Å². The average molecular weight is 596 g/mol. The van der Waals surface area contributed by atoms with Crippen molar-refractivity contribution in [3.8, 4) is 23.3 Å². The lowest BCUT2D eigenvalue weighted by Crippen LogP contribution is -2.40. The molecule has 3 aromatic carbocycles. The molecule has 0 saturated heterocycles. The summed E-state index contributed by atoms with van der Waals surface area (Å²) < 4.78 is 24.3. The summed E-state index contributed by atoms with van der Waals surface area (Å²) in [6.45, 7) is 3.91. The second-order valence-corrected chi connectivity index (χ2v) is 10.5. The molecule has 0 N–H and O–H groups in total. The van der Waals surface area contributed by atoms with Crippen molar-refractivity contribution in [2.24, 2.45) is 4.99 Å². The van der Waals surface area contributed by atoms with Crippen molar-refractivity contribution in [3.63, 3.8) is 0 Å². The topological polar surface area (TPSA) is 112 Å². The molecular weight excluding hydrogens is 566 g/mol. The largest absolute Gasteiger partial charge is 0.497 e. The summed E-state index contributed by atoms with van der Waals surface area (Å²) in [4.78, 5) is 32.2. The summed E-state index contributed by atoms with van der Waals surface area (Å²) in [5.74, 6) is 1.12. The molecule has 0 saturated carbocycles. The fraction of sp³-hybridized carbons (Fsp3) is 0.212. The van der Waals surface area contributed by atoms with Crippen molar-refractivity contribution < 1.29 is 23.7 Å². The number of thiazole rings is 1. The number of hydrogen-bond donors (Lipinski definition) is 0. The maximum atomic E-state index is 13.9. The van der Waals surface area contributed by atoms with Gasteiger partial charge in [0, 0.05) is 17.2 Å². The van der Waals surface area contributed by atoms with Crippen molar-refractivity contribution in [2.75, 3.05) is 20.8 Å². The molecule has 5 rings (SSSR count). The van der Waals surface area contributed by atoms with Gasteiger partial charge in [-0.25, -0.2) is 9.79 Å². The van der Waals surface area contributed by atoms with E-state index >= 15 is 0 Å². The van der Waals surface area contributed by atoms with Crippen LogP contribution < -0.4 is 29.1 Å². The third-order valence-corrected chi connectivity index (χ3v) is 7.95. The lowest BCUT2D eigenvalue weighted by Gasteiger charge is -2.26. The molecule has 0 amide bonds. The molecule has 1 aromatic heterocycles. The van der Waals surface area contributed by atoms with Crippen LogP contribution >= 0.6 is 11.3 Å². The zero-order chi connectivity index (χ0) is 30.5. The lowest BCUT2D eigenvalue weighted by molar-refractivity contribution is -0.139. The summed E-state index contributed by atoms with van der Waals surface area (Å²) in [5.41, 5.74) is 3.20.